The Kier molecular flexibility index (Phi) is 4.73. The summed E-state index contributed by atoms with van der Waals surface area (Å²) in [5.74, 6) is 3.18. The highest BCUT2D eigenvalue weighted by molar-refractivity contribution is 5.22. The van der Waals surface area contributed by atoms with Gasteiger partial charge in [0.25, 0.3) is 0 Å². The number of aryl methyl sites for hydroxylation is 1. The Morgan fingerprint density at radius 1 is 1.04 bits per heavy atom. The number of rotatable bonds is 4. The van der Waals surface area contributed by atoms with Gasteiger partial charge in [-0.25, -0.2) is 4.98 Å². The quantitative estimate of drug-likeness (QED) is 0.823. The molecular weight excluding hydrogens is 342 g/mol. The molecule has 4 heterocycles. The van der Waals surface area contributed by atoms with Crippen LogP contribution in [0.15, 0.2) is 4.52 Å². The lowest BCUT2D eigenvalue weighted by molar-refractivity contribution is 0.0778. The first-order valence-corrected chi connectivity index (χ1v) is 10.5. The molecule has 2 aromatic heterocycles. The highest BCUT2D eigenvalue weighted by atomic mass is 16.5. The van der Waals surface area contributed by atoms with Gasteiger partial charge in [-0.15, -0.1) is 0 Å². The molecular formula is C20H29N5O2. The average Bonchev–Trinajstić information content (AvgIpc) is 3.43. The number of ether oxygens (including phenoxy) is 1. The molecule has 3 aliphatic rings. The van der Waals surface area contributed by atoms with Crippen LogP contribution in [0.25, 0.3) is 0 Å². The SMILES string of the molecule is Cn1c([C@H]2CCCN2Cc2noc(C3CCOCC3)n2)nc2c1CCCC2. The van der Waals surface area contributed by atoms with E-state index in [1.807, 2.05) is 0 Å². The fourth-order valence-corrected chi connectivity index (χ4v) is 4.94. The van der Waals surface area contributed by atoms with E-state index in [0.29, 0.717) is 12.0 Å². The Morgan fingerprint density at radius 3 is 2.74 bits per heavy atom. The molecule has 0 bridgehead atoms. The molecule has 0 unspecified atom stereocenters. The molecule has 2 fully saturated rings. The summed E-state index contributed by atoms with van der Waals surface area (Å²) in [6.45, 7) is 3.40. The number of hydrogen-bond donors (Lipinski definition) is 0. The van der Waals surface area contributed by atoms with Crippen molar-refractivity contribution >= 4 is 0 Å². The van der Waals surface area contributed by atoms with Crippen molar-refractivity contribution in [2.24, 2.45) is 7.05 Å². The molecule has 0 saturated carbocycles. The van der Waals surface area contributed by atoms with Gasteiger partial charge >= 0.3 is 0 Å². The van der Waals surface area contributed by atoms with Crippen molar-refractivity contribution in [3.8, 4) is 0 Å². The van der Waals surface area contributed by atoms with Crippen LogP contribution in [0.5, 0.6) is 0 Å². The van der Waals surface area contributed by atoms with Crippen LogP contribution in [0.4, 0.5) is 0 Å². The van der Waals surface area contributed by atoms with E-state index in [9.17, 15) is 0 Å². The lowest BCUT2D eigenvalue weighted by atomic mass is 10.0. The smallest absolute Gasteiger partial charge is 0.229 e. The largest absolute Gasteiger partial charge is 0.381 e. The summed E-state index contributed by atoms with van der Waals surface area (Å²) in [7, 11) is 2.20. The minimum Gasteiger partial charge on any atom is -0.381 e. The van der Waals surface area contributed by atoms with Crippen molar-refractivity contribution in [2.45, 2.75) is 69.9 Å². The number of fused-ring (bicyclic) bond motifs is 1. The first-order chi connectivity index (χ1) is 13.3. The zero-order valence-corrected chi connectivity index (χ0v) is 16.2. The van der Waals surface area contributed by atoms with E-state index in [1.54, 1.807) is 0 Å². The predicted octanol–water partition coefficient (Wildman–Crippen LogP) is 2.91. The third-order valence-electron chi connectivity index (χ3n) is 6.47. The van der Waals surface area contributed by atoms with Gasteiger partial charge in [0.2, 0.25) is 5.89 Å². The fraction of sp³-hybridized carbons (Fsp3) is 0.750. The zero-order chi connectivity index (χ0) is 18.2. The monoisotopic (exact) mass is 371 g/mol. The molecule has 2 saturated heterocycles. The van der Waals surface area contributed by atoms with Gasteiger partial charge in [0.05, 0.1) is 18.3 Å². The van der Waals surface area contributed by atoms with Gasteiger partial charge in [0.1, 0.15) is 5.82 Å². The molecule has 0 N–H and O–H groups in total. The van der Waals surface area contributed by atoms with Crippen molar-refractivity contribution in [1.82, 2.24) is 24.6 Å². The van der Waals surface area contributed by atoms with Crippen LogP contribution in [0.1, 0.15) is 79.4 Å². The molecule has 0 spiro atoms. The maximum atomic E-state index is 5.58. The molecule has 0 radical (unpaired) electrons. The van der Waals surface area contributed by atoms with Gasteiger partial charge in [-0.1, -0.05) is 5.16 Å². The lowest BCUT2D eigenvalue weighted by Crippen LogP contribution is -2.25. The Morgan fingerprint density at radius 2 is 1.89 bits per heavy atom. The van der Waals surface area contributed by atoms with E-state index in [-0.39, 0.29) is 0 Å². The third kappa shape index (κ3) is 3.31. The standard InChI is InChI=1S/C20H29N5O2/c1-24-16-6-3-2-5-15(16)21-19(24)17-7-4-10-25(17)13-18-22-20(27-23-18)14-8-11-26-12-9-14/h14,17H,2-13H2,1H3/t17-/m1/s1. The summed E-state index contributed by atoms with van der Waals surface area (Å²) in [6.07, 6.45) is 9.19. The lowest BCUT2D eigenvalue weighted by Gasteiger charge is -2.23. The Labute approximate surface area is 160 Å². The van der Waals surface area contributed by atoms with Crippen molar-refractivity contribution < 1.29 is 9.26 Å². The van der Waals surface area contributed by atoms with Gasteiger partial charge in [0, 0.05) is 31.9 Å². The van der Waals surface area contributed by atoms with Crippen LogP contribution in [-0.4, -0.2) is 44.4 Å². The van der Waals surface area contributed by atoms with Crippen LogP contribution < -0.4 is 0 Å². The number of likely N-dealkylation sites (tertiary alicyclic amines) is 1. The summed E-state index contributed by atoms with van der Waals surface area (Å²) < 4.78 is 13.4. The van der Waals surface area contributed by atoms with Gasteiger partial charge in [-0.05, 0) is 57.9 Å². The first-order valence-electron chi connectivity index (χ1n) is 10.5. The maximum absolute atomic E-state index is 5.58. The van der Waals surface area contributed by atoms with E-state index in [1.165, 1.54) is 42.9 Å². The van der Waals surface area contributed by atoms with Gasteiger partial charge < -0.3 is 13.8 Å². The predicted molar refractivity (Wildman–Crippen MR) is 99.3 cm³/mol. The topological polar surface area (TPSA) is 69.2 Å². The van der Waals surface area contributed by atoms with Crippen LogP contribution in [-0.2, 0) is 31.2 Å². The second kappa shape index (κ2) is 7.36. The number of imidazole rings is 1. The number of hydrogen-bond acceptors (Lipinski definition) is 6. The summed E-state index contributed by atoms with van der Waals surface area (Å²) >= 11 is 0. The molecule has 146 valence electrons. The number of aromatic nitrogens is 4. The summed E-state index contributed by atoms with van der Waals surface area (Å²) in [4.78, 5) is 12.2. The number of nitrogens with zero attached hydrogens (tertiary/aromatic N) is 5. The summed E-state index contributed by atoms with van der Waals surface area (Å²) in [6, 6.07) is 0.366. The second-order valence-electron chi connectivity index (χ2n) is 8.19. The highest BCUT2D eigenvalue weighted by Gasteiger charge is 2.32. The zero-order valence-electron chi connectivity index (χ0n) is 16.2. The molecule has 0 aromatic carbocycles. The average molecular weight is 371 g/mol. The molecule has 5 rings (SSSR count). The normalized spacial score (nSPS) is 24.4. The van der Waals surface area contributed by atoms with E-state index >= 15 is 0 Å². The first kappa shape index (κ1) is 17.4. The molecule has 2 aromatic rings. The van der Waals surface area contributed by atoms with Gasteiger partial charge in [-0.3, -0.25) is 4.90 Å². The summed E-state index contributed by atoms with van der Waals surface area (Å²) in [5, 5.41) is 4.27. The summed E-state index contributed by atoms with van der Waals surface area (Å²) in [5.41, 5.74) is 2.77. The van der Waals surface area contributed by atoms with Gasteiger partial charge in [0.15, 0.2) is 5.82 Å². The molecule has 7 nitrogen and oxygen atoms in total. The fourth-order valence-electron chi connectivity index (χ4n) is 4.94. The Hall–Kier alpha value is -1.73. The highest BCUT2D eigenvalue weighted by Crippen LogP contribution is 2.35. The molecule has 27 heavy (non-hydrogen) atoms. The van der Waals surface area contributed by atoms with Crippen molar-refractivity contribution in [2.75, 3.05) is 19.8 Å². The van der Waals surface area contributed by atoms with E-state index in [0.717, 1.165) is 63.7 Å². The van der Waals surface area contributed by atoms with Crippen LogP contribution in [0, 0.1) is 0 Å². The Bertz CT molecular complexity index is 792. The van der Waals surface area contributed by atoms with E-state index < -0.39 is 0 Å². The molecule has 0 amide bonds. The van der Waals surface area contributed by atoms with Crippen LogP contribution >= 0.6 is 0 Å². The minimum absolute atomic E-state index is 0.357. The van der Waals surface area contributed by atoms with Crippen molar-refractivity contribution in [1.29, 1.82) is 0 Å². The van der Waals surface area contributed by atoms with Crippen LogP contribution in [0.2, 0.25) is 0 Å². The molecule has 1 atom stereocenters. The second-order valence-corrected chi connectivity index (χ2v) is 8.19. The van der Waals surface area contributed by atoms with Crippen molar-refractivity contribution in [3.05, 3.63) is 28.9 Å². The molecule has 2 aliphatic heterocycles. The maximum Gasteiger partial charge on any atom is 0.229 e. The third-order valence-corrected chi connectivity index (χ3v) is 6.47. The van der Waals surface area contributed by atoms with Crippen molar-refractivity contribution in [3.63, 3.8) is 0 Å². The molecule has 1 aliphatic carbocycles. The van der Waals surface area contributed by atoms with E-state index in [4.69, 9.17) is 19.2 Å². The van der Waals surface area contributed by atoms with E-state index in [2.05, 4.69) is 21.7 Å². The minimum atomic E-state index is 0.357. The Balaban J connectivity index is 1.32. The van der Waals surface area contributed by atoms with Crippen LogP contribution in [0.3, 0.4) is 0 Å². The molecule has 7 heteroatoms. The van der Waals surface area contributed by atoms with Gasteiger partial charge in [-0.2, -0.15) is 4.98 Å².